The number of aryl methyl sites for hydroxylation is 1. The van der Waals surface area contributed by atoms with Crippen molar-refractivity contribution in [2.24, 2.45) is 0 Å². The van der Waals surface area contributed by atoms with E-state index in [1.807, 2.05) is 6.07 Å². The van der Waals surface area contributed by atoms with Gasteiger partial charge >= 0.3 is 0 Å². The number of amides is 1. The SMILES string of the molecule is Cc1ccc(NC(=O)c2ccc(C#N)cc2)c(F)c1. The molecule has 2 rings (SSSR count). The number of nitrogens with one attached hydrogen (secondary N) is 1. The van der Waals surface area contributed by atoms with Crippen molar-refractivity contribution in [1.82, 2.24) is 0 Å². The van der Waals surface area contributed by atoms with Crippen LogP contribution >= 0.6 is 0 Å². The van der Waals surface area contributed by atoms with Gasteiger partial charge in [-0.1, -0.05) is 6.07 Å². The fraction of sp³-hybridized carbons (Fsp3) is 0.0667. The van der Waals surface area contributed by atoms with Gasteiger partial charge in [0.1, 0.15) is 5.82 Å². The molecule has 0 aliphatic heterocycles. The number of nitriles is 1. The molecule has 2 aromatic rings. The maximum atomic E-state index is 13.6. The second-order valence-electron chi connectivity index (χ2n) is 4.13. The van der Waals surface area contributed by atoms with Crippen LogP contribution in [0.4, 0.5) is 10.1 Å². The average Bonchev–Trinajstić information content (AvgIpc) is 2.42. The summed E-state index contributed by atoms with van der Waals surface area (Å²) in [7, 11) is 0. The fourth-order valence-corrected chi connectivity index (χ4v) is 1.61. The molecule has 0 unspecified atom stereocenters. The van der Waals surface area contributed by atoms with Gasteiger partial charge in [-0.3, -0.25) is 4.79 Å². The lowest BCUT2D eigenvalue weighted by atomic mass is 10.1. The van der Waals surface area contributed by atoms with Crippen LogP contribution in [0, 0.1) is 24.1 Å². The van der Waals surface area contributed by atoms with Gasteiger partial charge in [0, 0.05) is 5.56 Å². The van der Waals surface area contributed by atoms with Crippen molar-refractivity contribution in [1.29, 1.82) is 5.26 Å². The Morgan fingerprint density at radius 3 is 2.47 bits per heavy atom. The van der Waals surface area contributed by atoms with Crippen LogP contribution in [0.5, 0.6) is 0 Å². The topological polar surface area (TPSA) is 52.9 Å². The van der Waals surface area contributed by atoms with E-state index in [0.29, 0.717) is 11.1 Å². The highest BCUT2D eigenvalue weighted by molar-refractivity contribution is 6.04. The van der Waals surface area contributed by atoms with E-state index in [4.69, 9.17) is 5.26 Å². The molecule has 0 aliphatic carbocycles. The Hall–Kier alpha value is -2.67. The lowest BCUT2D eigenvalue weighted by Crippen LogP contribution is -2.12. The first-order valence-electron chi connectivity index (χ1n) is 5.68. The molecule has 19 heavy (non-hydrogen) atoms. The van der Waals surface area contributed by atoms with Crippen LogP contribution in [-0.2, 0) is 0 Å². The first kappa shape index (κ1) is 12.8. The summed E-state index contributed by atoms with van der Waals surface area (Å²) in [6.07, 6.45) is 0. The van der Waals surface area contributed by atoms with Crippen molar-refractivity contribution in [3.63, 3.8) is 0 Å². The van der Waals surface area contributed by atoms with Crippen molar-refractivity contribution >= 4 is 11.6 Å². The van der Waals surface area contributed by atoms with Gasteiger partial charge in [0.25, 0.3) is 5.91 Å². The standard InChI is InChI=1S/C15H11FN2O/c1-10-2-7-14(13(16)8-10)18-15(19)12-5-3-11(9-17)4-6-12/h2-8H,1H3,(H,18,19). The number of hydrogen-bond acceptors (Lipinski definition) is 2. The maximum Gasteiger partial charge on any atom is 0.255 e. The molecule has 2 aromatic carbocycles. The molecule has 0 saturated carbocycles. The van der Waals surface area contributed by atoms with Crippen molar-refractivity contribution in [2.45, 2.75) is 6.92 Å². The summed E-state index contributed by atoms with van der Waals surface area (Å²) in [5, 5.41) is 11.2. The monoisotopic (exact) mass is 254 g/mol. The van der Waals surface area contributed by atoms with Gasteiger partial charge in [-0.15, -0.1) is 0 Å². The molecule has 0 heterocycles. The van der Waals surface area contributed by atoms with E-state index in [9.17, 15) is 9.18 Å². The van der Waals surface area contributed by atoms with Gasteiger partial charge in [0.05, 0.1) is 17.3 Å². The summed E-state index contributed by atoms with van der Waals surface area (Å²) in [4.78, 5) is 11.9. The van der Waals surface area contributed by atoms with Crippen molar-refractivity contribution in [3.8, 4) is 6.07 Å². The van der Waals surface area contributed by atoms with Crippen LogP contribution in [0.1, 0.15) is 21.5 Å². The normalized spacial score (nSPS) is 9.74. The zero-order chi connectivity index (χ0) is 13.8. The highest BCUT2D eigenvalue weighted by Crippen LogP contribution is 2.16. The van der Waals surface area contributed by atoms with E-state index >= 15 is 0 Å². The minimum absolute atomic E-state index is 0.139. The van der Waals surface area contributed by atoms with Gasteiger partial charge in [-0.25, -0.2) is 4.39 Å². The third-order valence-corrected chi connectivity index (χ3v) is 2.65. The molecule has 0 atom stereocenters. The van der Waals surface area contributed by atoms with Crippen molar-refractivity contribution < 1.29 is 9.18 Å². The molecular formula is C15H11FN2O. The van der Waals surface area contributed by atoms with E-state index in [1.165, 1.54) is 24.3 Å². The van der Waals surface area contributed by atoms with Crippen LogP contribution in [0.25, 0.3) is 0 Å². The van der Waals surface area contributed by atoms with E-state index in [0.717, 1.165) is 5.56 Å². The van der Waals surface area contributed by atoms with Crippen LogP contribution in [0.15, 0.2) is 42.5 Å². The van der Waals surface area contributed by atoms with Crippen LogP contribution in [0.3, 0.4) is 0 Å². The second-order valence-corrected chi connectivity index (χ2v) is 4.13. The zero-order valence-corrected chi connectivity index (χ0v) is 10.3. The molecule has 0 aliphatic rings. The lowest BCUT2D eigenvalue weighted by Gasteiger charge is -2.07. The number of hydrogen-bond donors (Lipinski definition) is 1. The lowest BCUT2D eigenvalue weighted by molar-refractivity contribution is 0.102. The van der Waals surface area contributed by atoms with Crippen molar-refractivity contribution in [2.75, 3.05) is 5.32 Å². The van der Waals surface area contributed by atoms with Gasteiger partial charge in [0.2, 0.25) is 0 Å². The predicted molar refractivity (Wildman–Crippen MR) is 70.2 cm³/mol. The molecule has 0 bridgehead atoms. The third-order valence-electron chi connectivity index (χ3n) is 2.65. The molecule has 0 spiro atoms. The molecule has 3 nitrogen and oxygen atoms in total. The molecule has 1 amide bonds. The van der Waals surface area contributed by atoms with Gasteiger partial charge in [-0.05, 0) is 48.9 Å². The summed E-state index contributed by atoms with van der Waals surface area (Å²) < 4.78 is 13.6. The Labute approximate surface area is 110 Å². The molecule has 0 radical (unpaired) electrons. The van der Waals surface area contributed by atoms with Crippen LogP contribution < -0.4 is 5.32 Å². The molecule has 4 heteroatoms. The number of carbonyl (C=O) groups excluding carboxylic acids is 1. The second kappa shape index (κ2) is 5.32. The minimum atomic E-state index is -0.470. The zero-order valence-electron chi connectivity index (χ0n) is 10.3. The van der Waals surface area contributed by atoms with E-state index in [2.05, 4.69) is 5.32 Å². The summed E-state index contributed by atoms with van der Waals surface area (Å²) in [6, 6.07) is 12.7. The first-order valence-corrected chi connectivity index (χ1v) is 5.68. The Kier molecular flexibility index (Phi) is 3.58. The Morgan fingerprint density at radius 1 is 1.21 bits per heavy atom. The fourth-order valence-electron chi connectivity index (χ4n) is 1.61. The first-order chi connectivity index (χ1) is 9.10. The molecular weight excluding hydrogens is 243 g/mol. The summed E-state index contributed by atoms with van der Waals surface area (Å²) in [5.74, 6) is -0.880. The largest absolute Gasteiger partial charge is 0.319 e. The Bertz CT molecular complexity index is 657. The van der Waals surface area contributed by atoms with Gasteiger partial charge < -0.3 is 5.32 Å². The molecule has 0 fully saturated rings. The van der Waals surface area contributed by atoms with E-state index in [-0.39, 0.29) is 5.69 Å². The predicted octanol–water partition coefficient (Wildman–Crippen LogP) is 3.26. The average molecular weight is 254 g/mol. The number of benzene rings is 2. The maximum absolute atomic E-state index is 13.6. The van der Waals surface area contributed by atoms with Crippen LogP contribution in [0.2, 0.25) is 0 Å². The minimum Gasteiger partial charge on any atom is -0.319 e. The van der Waals surface area contributed by atoms with Gasteiger partial charge in [0.15, 0.2) is 0 Å². The smallest absolute Gasteiger partial charge is 0.255 e. The summed E-state index contributed by atoms with van der Waals surface area (Å²) in [5.41, 5.74) is 1.77. The quantitative estimate of drug-likeness (QED) is 0.894. The highest BCUT2D eigenvalue weighted by atomic mass is 19.1. The number of carbonyl (C=O) groups is 1. The summed E-state index contributed by atoms with van der Waals surface area (Å²) >= 11 is 0. The number of rotatable bonds is 2. The molecule has 0 saturated heterocycles. The molecule has 0 aromatic heterocycles. The molecule has 94 valence electrons. The number of anilines is 1. The van der Waals surface area contributed by atoms with Gasteiger partial charge in [-0.2, -0.15) is 5.26 Å². The van der Waals surface area contributed by atoms with E-state index in [1.54, 1.807) is 25.1 Å². The molecule has 1 N–H and O–H groups in total. The number of halogens is 1. The Balaban J connectivity index is 2.18. The van der Waals surface area contributed by atoms with Crippen molar-refractivity contribution in [3.05, 3.63) is 65.0 Å². The van der Waals surface area contributed by atoms with Crippen LogP contribution in [-0.4, -0.2) is 5.91 Å². The van der Waals surface area contributed by atoms with E-state index < -0.39 is 11.7 Å². The third kappa shape index (κ3) is 2.96. The highest BCUT2D eigenvalue weighted by Gasteiger charge is 2.09. The Morgan fingerprint density at radius 2 is 1.89 bits per heavy atom. The number of nitrogens with zero attached hydrogens (tertiary/aromatic N) is 1. The summed E-state index contributed by atoms with van der Waals surface area (Å²) in [6.45, 7) is 1.77.